The summed E-state index contributed by atoms with van der Waals surface area (Å²) >= 11 is 0. The maximum atomic E-state index is 10.9. The fourth-order valence-corrected chi connectivity index (χ4v) is 1.14. The Morgan fingerprint density at radius 3 is 2.70 bits per heavy atom. The standard InChI is InChI=1S/C5H11N3OS/c1-5(2)10(9)4-3-7-8-6/h5H,3-4H2,1-2H3. The molecular formula is C5H11N3OS. The topological polar surface area (TPSA) is 65.8 Å². The predicted octanol–water partition coefficient (Wildman–Crippen LogP) is 1.45. The lowest BCUT2D eigenvalue weighted by atomic mass is 10.6. The highest BCUT2D eigenvalue weighted by atomic mass is 32.2. The van der Waals surface area contributed by atoms with Crippen LogP contribution in [0.2, 0.25) is 0 Å². The van der Waals surface area contributed by atoms with E-state index < -0.39 is 10.8 Å². The number of azide groups is 1. The molecule has 58 valence electrons. The number of nitrogens with zero attached hydrogens (tertiary/aromatic N) is 3. The SMILES string of the molecule is CC(C)S(=O)CCN=[N+]=[N-]. The molecule has 0 amide bonds. The summed E-state index contributed by atoms with van der Waals surface area (Å²) in [6.07, 6.45) is 0. The minimum Gasteiger partial charge on any atom is -0.259 e. The van der Waals surface area contributed by atoms with Gasteiger partial charge in [0.2, 0.25) is 0 Å². The Kier molecular flexibility index (Phi) is 4.98. The number of rotatable bonds is 4. The number of hydrogen-bond acceptors (Lipinski definition) is 2. The summed E-state index contributed by atoms with van der Waals surface area (Å²) in [5, 5.41) is 3.44. The van der Waals surface area contributed by atoms with Crippen molar-refractivity contribution in [3.8, 4) is 0 Å². The van der Waals surface area contributed by atoms with Gasteiger partial charge in [-0.05, 0) is 5.53 Å². The molecule has 5 heteroatoms. The lowest BCUT2D eigenvalue weighted by Gasteiger charge is -2.00. The van der Waals surface area contributed by atoms with E-state index in [4.69, 9.17) is 5.53 Å². The third-order valence-electron chi connectivity index (χ3n) is 0.982. The molecule has 0 aliphatic heterocycles. The second-order valence-corrected chi connectivity index (χ2v) is 4.20. The third-order valence-corrected chi connectivity index (χ3v) is 2.62. The van der Waals surface area contributed by atoms with Crippen molar-refractivity contribution in [3.63, 3.8) is 0 Å². The van der Waals surface area contributed by atoms with Gasteiger partial charge in [0.15, 0.2) is 0 Å². The molecule has 0 spiro atoms. The molecule has 0 saturated heterocycles. The molecule has 0 aromatic heterocycles. The fourth-order valence-electron chi connectivity index (χ4n) is 0.411. The molecule has 1 atom stereocenters. The van der Waals surface area contributed by atoms with Gasteiger partial charge in [-0.3, -0.25) is 4.21 Å². The van der Waals surface area contributed by atoms with Gasteiger partial charge >= 0.3 is 0 Å². The maximum Gasteiger partial charge on any atom is 0.0373 e. The van der Waals surface area contributed by atoms with Gasteiger partial charge in [0, 0.05) is 33.3 Å². The molecule has 0 N–H and O–H groups in total. The number of hydrogen-bond donors (Lipinski definition) is 0. The van der Waals surface area contributed by atoms with E-state index in [9.17, 15) is 4.21 Å². The molecule has 0 aromatic rings. The first kappa shape index (κ1) is 9.46. The predicted molar refractivity (Wildman–Crippen MR) is 42.2 cm³/mol. The van der Waals surface area contributed by atoms with Crippen LogP contribution >= 0.6 is 0 Å². The molecule has 1 unspecified atom stereocenters. The van der Waals surface area contributed by atoms with Gasteiger partial charge < -0.3 is 0 Å². The molecule has 0 fully saturated rings. The molecule has 10 heavy (non-hydrogen) atoms. The van der Waals surface area contributed by atoms with E-state index in [0.29, 0.717) is 12.3 Å². The monoisotopic (exact) mass is 161 g/mol. The van der Waals surface area contributed by atoms with Crippen molar-refractivity contribution < 1.29 is 4.21 Å². The highest BCUT2D eigenvalue weighted by molar-refractivity contribution is 7.85. The second-order valence-electron chi connectivity index (χ2n) is 2.09. The Balaban J connectivity index is 3.49. The summed E-state index contributed by atoms with van der Waals surface area (Å²) in [4.78, 5) is 2.56. The van der Waals surface area contributed by atoms with Crippen LogP contribution < -0.4 is 0 Å². The molecule has 0 saturated carbocycles. The molecule has 0 radical (unpaired) electrons. The first-order chi connectivity index (χ1) is 4.68. The molecule has 0 aliphatic carbocycles. The van der Waals surface area contributed by atoms with Crippen molar-refractivity contribution in [1.29, 1.82) is 0 Å². The van der Waals surface area contributed by atoms with Crippen molar-refractivity contribution in [3.05, 3.63) is 10.4 Å². The van der Waals surface area contributed by atoms with E-state index in [0.717, 1.165) is 0 Å². The minimum atomic E-state index is -0.838. The first-order valence-electron chi connectivity index (χ1n) is 3.06. The van der Waals surface area contributed by atoms with E-state index in [1.807, 2.05) is 13.8 Å². The summed E-state index contributed by atoms with van der Waals surface area (Å²) < 4.78 is 10.9. The molecular weight excluding hydrogens is 150 g/mol. The van der Waals surface area contributed by atoms with Gasteiger partial charge in [-0.2, -0.15) is 0 Å². The normalized spacial score (nSPS) is 12.7. The maximum absolute atomic E-state index is 10.9. The van der Waals surface area contributed by atoms with E-state index >= 15 is 0 Å². The smallest absolute Gasteiger partial charge is 0.0373 e. The van der Waals surface area contributed by atoms with Crippen LogP contribution in [-0.4, -0.2) is 21.8 Å². The highest BCUT2D eigenvalue weighted by Gasteiger charge is 2.02. The first-order valence-corrected chi connectivity index (χ1v) is 4.44. The van der Waals surface area contributed by atoms with Crippen molar-refractivity contribution in [2.24, 2.45) is 5.11 Å². The van der Waals surface area contributed by atoms with Gasteiger partial charge in [0.05, 0.1) is 0 Å². The lowest BCUT2D eigenvalue weighted by molar-refractivity contribution is 0.676. The Morgan fingerprint density at radius 2 is 2.30 bits per heavy atom. The van der Waals surface area contributed by atoms with E-state index in [-0.39, 0.29) is 5.25 Å². The molecule has 0 heterocycles. The van der Waals surface area contributed by atoms with E-state index in [2.05, 4.69) is 10.0 Å². The van der Waals surface area contributed by atoms with E-state index in [1.165, 1.54) is 0 Å². The van der Waals surface area contributed by atoms with Crippen LogP contribution in [0.1, 0.15) is 13.8 Å². The van der Waals surface area contributed by atoms with Crippen molar-refractivity contribution >= 4 is 10.8 Å². The summed E-state index contributed by atoms with van der Waals surface area (Å²) in [5.41, 5.74) is 7.88. The van der Waals surface area contributed by atoms with Gasteiger partial charge in [-0.25, -0.2) is 0 Å². The lowest BCUT2D eigenvalue weighted by Crippen LogP contribution is -2.11. The van der Waals surface area contributed by atoms with Crippen LogP contribution in [-0.2, 0) is 10.8 Å². The zero-order valence-electron chi connectivity index (χ0n) is 6.15. The quantitative estimate of drug-likeness (QED) is 0.349. The second kappa shape index (κ2) is 5.26. The van der Waals surface area contributed by atoms with Crippen LogP contribution in [0, 0.1) is 0 Å². The fraction of sp³-hybridized carbons (Fsp3) is 1.00. The van der Waals surface area contributed by atoms with Gasteiger partial charge in [0.1, 0.15) is 0 Å². The average Bonchev–Trinajstić information content (AvgIpc) is 1.88. The van der Waals surface area contributed by atoms with Crippen LogP contribution in [0.25, 0.3) is 10.4 Å². The average molecular weight is 161 g/mol. The Bertz CT molecular complexity index is 162. The van der Waals surface area contributed by atoms with Gasteiger partial charge in [-0.15, -0.1) is 0 Å². The summed E-state index contributed by atoms with van der Waals surface area (Å²) in [6, 6.07) is 0. The zero-order chi connectivity index (χ0) is 7.98. The highest BCUT2D eigenvalue weighted by Crippen LogP contribution is 1.93. The molecule has 0 aromatic carbocycles. The molecule has 0 bridgehead atoms. The van der Waals surface area contributed by atoms with Crippen molar-refractivity contribution in [2.45, 2.75) is 19.1 Å². The van der Waals surface area contributed by atoms with E-state index in [1.54, 1.807) is 0 Å². The van der Waals surface area contributed by atoms with Crippen molar-refractivity contribution in [1.82, 2.24) is 0 Å². The summed E-state index contributed by atoms with van der Waals surface area (Å²) in [7, 11) is -0.838. The van der Waals surface area contributed by atoms with Crippen LogP contribution in [0.15, 0.2) is 5.11 Å². The largest absolute Gasteiger partial charge is 0.259 e. The summed E-state index contributed by atoms with van der Waals surface area (Å²) in [5.74, 6) is 0.474. The summed E-state index contributed by atoms with van der Waals surface area (Å²) in [6.45, 7) is 4.10. The Hall–Kier alpha value is -0.540. The van der Waals surface area contributed by atoms with Gasteiger partial charge in [-0.1, -0.05) is 19.0 Å². The van der Waals surface area contributed by atoms with Crippen LogP contribution in [0.5, 0.6) is 0 Å². The third kappa shape index (κ3) is 4.35. The van der Waals surface area contributed by atoms with Crippen molar-refractivity contribution in [2.75, 3.05) is 12.3 Å². The zero-order valence-corrected chi connectivity index (χ0v) is 6.97. The minimum absolute atomic E-state index is 0.161. The van der Waals surface area contributed by atoms with Gasteiger partial charge in [0.25, 0.3) is 0 Å². The Morgan fingerprint density at radius 1 is 1.70 bits per heavy atom. The van der Waals surface area contributed by atoms with Crippen LogP contribution in [0.4, 0.5) is 0 Å². The Labute approximate surface area is 62.7 Å². The van der Waals surface area contributed by atoms with Crippen LogP contribution in [0.3, 0.4) is 0 Å². The molecule has 0 aliphatic rings. The molecule has 4 nitrogen and oxygen atoms in total. The molecule has 0 rings (SSSR count).